The van der Waals surface area contributed by atoms with Gasteiger partial charge in [0.2, 0.25) is 0 Å². The lowest BCUT2D eigenvalue weighted by Crippen LogP contribution is -2.37. The van der Waals surface area contributed by atoms with Gasteiger partial charge in [-0.3, -0.25) is 4.79 Å². The maximum atomic E-state index is 11.8. The highest BCUT2D eigenvalue weighted by Crippen LogP contribution is 2.35. The van der Waals surface area contributed by atoms with Gasteiger partial charge < -0.3 is 15.8 Å². The summed E-state index contributed by atoms with van der Waals surface area (Å²) < 4.78 is 5.68. The highest BCUT2D eigenvalue weighted by atomic mass is 16.5. The first-order valence-electron chi connectivity index (χ1n) is 6.08. The molecule has 0 aliphatic carbocycles. The van der Waals surface area contributed by atoms with E-state index in [9.17, 15) is 4.79 Å². The summed E-state index contributed by atoms with van der Waals surface area (Å²) >= 11 is 0. The van der Waals surface area contributed by atoms with Crippen LogP contribution in [0.2, 0.25) is 0 Å². The number of rotatable bonds is 4. The van der Waals surface area contributed by atoms with Crippen molar-refractivity contribution < 1.29 is 9.53 Å². The third kappa shape index (κ3) is 2.52. The largest absolute Gasteiger partial charge is 0.478 e. The zero-order valence-electron chi connectivity index (χ0n) is 10.0. The fraction of sp³-hybridized carbons (Fsp3) is 0.462. The molecule has 0 aromatic heterocycles. The molecule has 1 aromatic carbocycles. The van der Waals surface area contributed by atoms with E-state index in [-0.39, 0.29) is 12.0 Å². The average Bonchev–Trinajstić information content (AvgIpc) is 2.31. The second-order valence-electron chi connectivity index (χ2n) is 4.31. The fourth-order valence-corrected chi connectivity index (χ4v) is 1.96. The molecular weight excluding hydrogens is 216 g/mol. The van der Waals surface area contributed by atoms with Gasteiger partial charge in [0.25, 0.3) is 5.91 Å². The lowest BCUT2D eigenvalue weighted by molar-refractivity contribution is -0.123. The molecule has 1 aliphatic rings. The number of nitrogens with two attached hydrogens (primary N) is 1. The van der Waals surface area contributed by atoms with Crippen molar-refractivity contribution >= 4 is 17.3 Å². The monoisotopic (exact) mass is 234 g/mol. The van der Waals surface area contributed by atoms with Crippen molar-refractivity contribution in [1.82, 2.24) is 0 Å². The Bertz CT molecular complexity index is 418. The summed E-state index contributed by atoms with van der Waals surface area (Å²) in [7, 11) is 0. The summed E-state index contributed by atoms with van der Waals surface area (Å²) in [5.74, 6) is 0.581. The molecule has 0 saturated heterocycles. The molecule has 2 rings (SSSR count). The van der Waals surface area contributed by atoms with Crippen molar-refractivity contribution in [2.75, 3.05) is 11.1 Å². The van der Waals surface area contributed by atoms with Gasteiger partial charge >= 0.3 is 0 Å². The molecule has 1 atom stereocenters. The number of unbranched alkanes of at least 4 members (excludes halogenated alkanes) is 2. The number of hydrogen-bond donors (Lipinski definition) is 2. The molecule has 0 saturated carbocycles. The summed E-state index contributed by atoms with van der Waals surface area (Å²) in [4.78, 5) is 11.8. The smallest absolute Gasteiger partial charge is 0.265 e. The van der Waals surface area contributed by atoms with E-state index in [4.69, 9.17) is 10.5 Å². The SMILES string of the molecule is CCCCCC1Oc2cccc(N)c2NC1=O. The molecule has 0 radical (unpaired) electrons. The minimum absolute atomic E-state index is 0.0912. The number of benzene rings is 1. The van der Waals surface area contributed by atoms with Crippen molar-refractivity contribution in [3.8, 4) is 5.75 Å². The van der Waals surface area contributed by atoms with Crippen molar-refractivity contribution in [3.05, 3.63) is 18.2 Å². The van der Waals surface area contributed by atoms with Gasteiger partial charge in [-0.2, -0.15) is 0 Å². The quantitative estimate of drug-likeness (QED) is 0.621. The number of ether oxygens (including phenoxy) is 1. The molecule has 92 valence electrons. The highest BCUT2D eigenvalue weighted by Gasteiger charge is 2.27. The molecule has 1 unspecified atom stereocenters. The molecule has 1 aliphatic heterocycles. The summed E-state index contributed by atoms with van der Waals surface area (Å²) in [6.45, 7) is 2.14. The van der Waals surface area contributed by atoms with E-state index >= 15 is 0 Å². The van der Waals surface area contributed by atoms with Crippen LogP contribution in [-0.4, -0.2) is 12.0 Å². The van der Waals surface area contributed by atoms with Crippen LogP contribution in [0.25, 0.3) is 0 Å². The summed E-state index contributed by atoms with van der Waals surface area (Å²) in [5, 5.41) is 2.82. The Morgan fingerprint density at radius 1 is 1.41 bits per heavy atom. The summed E-state index contributed by atoms with van der Waals surface area (Å²) in [6, 6.07) is 5.41. The maximum Gasteiger partial charge on any atom is 0.265 e. The lowest BCUT2D eigenvalue weighted by Gasteiger charge is -2.26. The maximum absolute atomic E-state index is 11.8. The van der Waals surface area contributed by atoms with Crippen LogP contribution in [-0.2, 0) is 4.79 Å². The van der Waals surface area contributed by atoms with Gasteiger partial charge in [0.05, 0.1) is 5.69 Å². The van der Waals surface area contributed by atoms with Crippen molar-refractivity contribution in [2.45, 2.75) is 38.7 Å². The Hall–Kier alpha value is -1.71. The minimum atomic E-state index is -0.379. The molecule has 4 nitrogen and oxygen atoms in total. The predicted octanol–water partition coefficient (Wildman–Crippen LogP) is 2.55. The molecule has 17 heavy (non-hydrogen) atoms. The van der Waals surface area contributed by atoms with Crippen LogP contribution in [0.3, 0.4) is 0 Å². The van der Waals surface area contributed by atoms with Gasteiger partial charge in [0.15, 0.2) is 6.10 Å². The molecular formula is C13H18N2O2. The van der Waals surface area contributed by atoms with E-state index < -0.39 is 0 Å². The number of carbonyl (C=O) groups is 1. The van der Waals surface area contributed by atoms with Crippen LogP contribution < -0.4 is 15.8 Å². The zero-order valence-corrected chi connectivity index (χ0v) is 10.0. The lowest BCUT2D eigenvalue weighted by atomic mass is 10.1. The van der Waals surface area contributed by atoms with E-state index in [1.54, 1.807) is 6.07 Å². The number of para-hydroxylation sites is 1. The van der Waals surface area contributed by atoms with Gasteiger partial charge in [-0.1, -0.05) is 25.8 Å². The van der Waals surface area contributed by atoms with E-state index in [0.717, 1.165) is 25.7 Å². The third-order valence-electron chi connectivity index (χ3n) is 2.94. The second kappa shape index (κ2) is 5.08. The fourth-order valence-electron chi connectivity index (χ4n) is 1.96. The first kappa shape index (κ1) is 11.8. The second-order valence-corrected chi connectivity index (χ2v) is 4.31. The molecule has 1 amide bonds. The van der Waals surface area contributed by atoms with Crippen LogP contribution in [0.4, 0.5) is 11.4 Å². The molecule has 0 spiro atoms. The summed E-state index contributed by atoms with van der Waals surface area (Å²) in [6.07, 6.45) is 3.64. The Labute approximate surface area is 101 Å². The number of nitrogen functional groups attached to an aromatic ring is 1. The Morgan fingerprint density at radius 2 is 2.24 bits per heavy atom. The van der Waals surface area contributed by atoms with Crippen LogP contribution in [0.1, 0.15) is 32.6 Å². The Balaban J connectivity index is 2.08. The van der Waals surface area contributed by atoms with E-state index in [2.05, 4.69) is 12.2 Å². The van der Waals surface area contributed by atoms with Gasteiger partial charge in [-0.15, -0.1) is 0 Å². The number of amides is 1. The van der Waals surface area contributed by atoms with E-state index in [0.29, 0.717) is 17.1 Å². The molecule has 1 heterocycles. The van der Waals surface area contributed by atoms with Crippen LogP contribution >= 0.6 is 0 Å². The Kier molecular flexibility index (Phi) is 3.52. The topological polar surface area (TPSA) is 64.3 Å². The van der Waals surface area contributed by atoms with Crippen LogP contribution in [0.15, 0.2) is 18.2 Å². The van der Waals surface area contributed by atoms with E-state index in [1.165, 1.54) is 0 Å². The number of fused-ring (bicyclic) bond motifs is 1. The predicted molar refractivity (Wildman–Crippen MR) is 68.0 cm³/mol. The van der Waals surface area contributed by atoms with E-state index in [1.807, 2.05) is 12.1 Å². The van der Waals surface area contributed by atoms with Crippen LogP contribution in [0.5, 0.6) is 5.75 Å². The highest BCUT2D eigenvalue weighted by molar-refractivity contribution is 6.00. The Morgan fingerprint density at radius 3 is 3.00 bits per heavy atom. The van der Waals surface area contributed by atoms with Gasteiger partial charge in [0, 0.05) is 0 Å². The molecule has 0 fully saturated rings. The summed E-state index contributed by atoms with van der Waals surface area (Å²) in [5.41, 5.74) is 6.92. The third-order valence-corrected chi connectivity index (χ3v) is 2.94. The molecule has 3 N–H and O–H groups in total. The average molecular weight is 234 g/mol. The zero-order chi connectivity index (χ0) is 12.3. The molecule has 1 aromatic rings. The number of carbonyl (C=O) groups excluding carboxylic acids is 1. The van der Waals surface area contributed by atoms with Gasteiger partial charge in [-0.05, 0) is 25.0 Å². The molecule has 0 bridgehead atoms. The van der Waals surface area contributed by atoms with Gasteiger partial charge in [0.1, 0.15) is 11.4 Å². The first-order valence-corrected chi connectivity index (χ1v) is 6.08. The van der Waals surface area contributed by atoms with Crippen molar-refractivity contribution in [3.63, 3.8) is 0 Å². The van der Waals surface area contributed by atoms with Crippen molar-refractivity contribution in [1.29, 1.82) is 0 Å². The van der Waals surface area contributed by atoms with Crippen LogP contribution in [0, 0.1) is 0 Å². The normalized spacial score (nSPS) is 18.2. The number of hydrogen-bond acceptors (Lipinski definition) is 3. The number of nitrogens with one attached hydrogen (secondary N) is 1. The number of anilines is 2. The van der Waals surface area contributed by atoms with Crippen molar-refractivity contribution in [2.24, 2.45) is 0 Å². The molecule has 4 heteroatoms. The first-order chi connectivity index (χ1) is 8.22. The minimum Gasteiger partial charge on any atom is -0.478 e. The standard InChI is InChI=1S/C13H18N2O2/c1-2-3-4-7-11-13(16)15-12-9(14)6-5-8-10(12)17-11/h5-6,8,11H,2-4,7,14H2,1H3,(H,15,16). The van der Waals surface area contributed by atoms with Gasteiger partial charge in [-0.25, -0.2) is 0 Å².